The van der Waals surface area contributed by atoms with Crippen LogP contribution in [0.3, 0.4) is 0 Å². The van der Waals surface area contributed by atoms with Crippen LogP contribution in [0, 0.1) is 6.92 Å². The minimum Gasteiger partial charge on any atom is -0.331 e. The molecule has 0 atom stereocenters. The van der Waals surface area contributed by atoms with Gasteiger partial charge in [0.1, 0.15) is 0 Å². The molecule has 0 amide bonds. The Labute approximate surface area is 126 Å². The third kappa shape index (κ3) is 2.23. The molecule has 4 heteroatoms. The summed E-state index contributed by atoms with van der Waals surface area (Å²) in [5.74, 6) is 0. The summed E-state index contributed by atoms with van der Waals surface area (Å²) in [5, 5.41) is 5.44. The van der Waals surface area contributed by atoms with E-state index in [9.17, 15) is 0 Å². The van der Waals surface area contributed by atoms with E-state index >= 15 is 0 Å². The second-order valence-corrected chi connectivity index (χ2v) is 6.02. The predicted molar refractivity (Wildman–Crippen MR) is 89.4 cm³/mol. The van der Waals surface area contributed by atoms with Crippen molar-refractivity contribution in [2.75, 3.05) is 5.32 Å². The molecule has 0 radical (unpaired) electrons. The number of fused-ring (bicyclic) bond motifs is 2. The van der Waals surface area contributed by atoms with Crippen LogP contribution in [0.25, 0.3) is 21.1 Å². The van der Waals surface area contributed by atoms with Crippen molar-refractivity contribution in [3.63, 3.8) is 0 Å². The number of pyridine rings is 1. The molecule has 2 heterocycles. The predicted octanol–water partition coefficient (Wildman–Crippen LogP) is 4.90. The highest BCUT2D eigenvalue weighted by atomic mass is 32.1. The van der Waals surface area contributed by atoms with Crippen molar-refractivity contribution < 1.29 is 0 Å². The van der Waals surface area contributed by atoms with Crippen molar-refractivity contribution in [1.82, 2.24) is 9.97 Å². The highest BCUT2D eigenvalue weighted by molar-refractivity contribution is 7.22. The van der Waals surface area contributed by atoms with Gasteiger partial charge in [0.25, 0.3) is 0 Å². The molecule has 0 spiro atoms. The highest BCUT2D eigenvalue weighted by Gasteiger charge is 2.06. The molecule has 21 heavy (non-hydrogen) atoms. The zero-order valence-electron chi connectivity index (χ0n) is 11.5. The van der Waals surface area contributed by atoms with Gasteiger partial charge in [-0.1, -0.05) is 23.5 Å². The lowest BCUT2D eigenvalue weighted by Gasteiger charge is -2.06. The largest absolute Gasteiger partial charge is 0.331 e. The molecule has 4 aromatic rings. The lowest BCUT2D eigenvalue weighted by Crippen LogP contribution is -1.91. The van der Waals surface area contributed by atoms with Gasteiger partial charge >= 0.3 is 0 Å². The quantitative estimate of drug-likeness (QED) is 0.571. The lowest BCUT2D eigenvalue weighted by atomic mass is 10.2. The summed E-state index contributed by atoms with van der Waals surface area (Å²) in [7, 11) is 0. The van der Waals surface area contributed by atoms with Crippen LogP contribution in [0.15, 0.2) is 54.7 Å². The van der Waals surface area contributed by atoms with Crippen LogP contribution >= 0.6 is 11.3 Å². The number of rotatable bonds is 2. The minimum atomic E-state index is 0.909. The Kier molecular flexibility index (Phi) is 2.82. The van der Waals surface area contributed by atoms with E-state index in [1.807, 2.05) is 24.4 Å². The molecule has 0 saturated carbocycles. The Morgan fingerprint density at radius 1 is 1.00 bits per heavy atom. The normalized spacial score (nSPS) is 11.1. The minimum absolute atomic E-state index is 0.909. The topological polar surface area (TPSA) is 37.8 Å². The number of aryl methyl sites for hydroxylation is 1. The molecule has 1 N–H and O–H groups in total. The molecular weight excluding hydrogens is 278 g/mol. The third-order valence-electron chi connectivity index (χ3n) is 3.43. The molecule has 0 saturated heterocycles. The fourth-order valence-electron chi connectivity index (χ4n) is 2.42. The standard InChI is InChI=1S/C17H13N3S/c1-11-7-8-16-15(10-11)20-17(21-16)19-14-6-2-5-13-12(14)4-3-9-18-13/h2-10H,1H3,(H,19,20). The van der Waals surface area contributed by atoms with E-state index in [1.165, 1.54) is 10.3 Å². The van der Waals surface area contributed by atoms with Crippen molar-refractivity contribution in [3.05, 3.63) is 60.3 Å². The average molecular weight is 291 g/mol. The van der Waals surface area contributed by atoms with Crippen LogP contribution in [-0.4, -0.2) is 9.97 Å². The molecule has 0 fully saturated rings. The summed E-state index contributed by atoms with van der Waals surface area (Å²) in [5.41, 5.74) is 4.30. The molecule has 0 unspecified atom stereocenters. The molecule has 0 aliphatic heterocycles. The van der Waals surface area contributed by atoms with Crippen molar-refractivity contribution in [3.8, 4) is 0 Å². The van der Waals surface area contributed by atoms with E-state index < -0.39 is 0 Å². The summed E-state index contributed by atoms with van der Waals surface area (Å²) in [6, 6.07) is 16.5. The summed E-state index contributed by atoms with van der Waals surface area (Å²) in [4.78, 5) is 9.04. The molecule has 0 aliphatic rings. The first kappa shape index (κ1) is 12.3. The first-order chi connectivity index (χ1) is 10.3. The van der Waals surface area contributed by atoms with Crippen LogP contribution in [0.1, 0.15) is 5.56 Å². The van der Waals surface area contributed by atoms with E-state index in [4.69, 9.17) is 0 Å². The second kappa shape index (κ2) is 4.82. The molecule has 0 bridgehead atoms. The number of nitrogens with zero attached hydrogens (tertiary/aromatic N) is 2. The summed E-state index contributed by atoms with van der Waals surface area (Å²) in [6.07, 6.45) is 1.81. The maximum Gasteiger partial charge on any atom is 0.188 e. The molecule has 2 aromatic heterocycles. The van der Waals surface area contributed by atoms with E-state index in [-0.39, 0.29) is 0 Å². The monoisotopic (exact) mass is 291 g/mol. The Morgan fingerprint density at radius 2 is 1.95 bits per heavy atom. The van der Waals surface area contributed by atoms with Gasteiger partial charge in [-0.15, -0.1) is 0 Å². The Balaban J connectivity index is 1.79. The average Bonchev–Trinajstić information content (AvgIpc) is 2.89. The number of hydrogen-bond donors (Lipinski definition) is 1. The molecule has 102 valence electrons. The van der Waals surface area contributed by atoms with Gasteiger partial charge in [-0.3, -0.25) is 4.98 Å². The van der Waals surface area contributed by atoms with Gasteiger partial charge in [0, 0.05) is 17.3 Å². The van der Waals surface area contributed by atoms with Gasteiger partial charge < -0.3 is 5.32 Å². The van der Waals surface area contributed by atoms with Crippen LogP contribution in [-0.2, 0) is 0 Å². The zero-order chi connectivity index (χ0) is 14.2. The first-order valence-electron chi connectivity index (χ1n) is 6.77. The SMILES string of the molecule is Cc1ccc2sc(Nc3cccc4ncccc34)nc2c1. The molecule has 0 aliphatic carbocycles. The van der Waals surface area contributed by atoms with Gasteiger partial charge in [0.2, 0.25) is 0 Å². The maximum atomic E-state index is 4.66. The fraction of sp³-hybridized carbons (Fsp3) is 0.0588. The fourth-order valence-corrected chi connectivity index (χ4v) is 3.28. The number of hydrogen-bond acceptors (Lipinski definition) is 4. The first-order valence-corrected chi connectivity index (χ1v) is 7.59. The number of nitrogens with one attached hydrogen (secondary N) is 1. The molecular formula is C17H13N3S. The summed E-state index contributed by atoms with van der Waals surface area (Å²) < 4.78 is 1.20. The number of thiazole rings is 1. The van der Waals surface area contributed by atoms with Crippen LogP contribution in [0.4, 0.5) is 10.8 Å². The van der Waals surface area contributed by atoms with Crippen molar-refractivity contribution in [2.45, 2.75) is 6.92 Å². The van der Waals surface area contributed by atoms with Gasteiger partial charge in [-0.25, -0.2) is 4.98 Å². The molecule has 4 rings (SSSR count). The van der Waals surface area contributed by atoms with Gasteiger partial charge in [0.15, 0.2) is 5.13 Å². The van der Waals surface area contributed by atoms with Crippen LogP contribution in [0.5, 0.6) is 0 Å². The van der Waals surface area contributed by atoms with Crippen LogP contribution in [0.2, 0.25) is 0 Å². The molecule has 3 nitrogen and oxygen atoms in total. The van der Waals surface area contributed by atoms with E-state index in [0.29, 0.717) is 0 Å². The van der Waals surface area contributed by atoms with Crippen molar-refractivity contribution in [1.29, 1.82) is 0 Å². The Hall–Kier alpha value is -2.46. The summed E-state index contributed by atoms with van der Waals surface area (Å²) in [6.45, 7) is 2.09. The third-order valence-corrected chi connectivity index (χ3v) is 4.38. The van der Waals surface area contributed by atoms with Crippen LogP contribution < -0.4 is 5.32 Å². The number of aromatic nitrogens is 2. The van der Waals surface area contributed by atoms with Gasteiger partial charge in [-0.2, -0.15) is 0 Å². The number of anilines is 2. The second-order valence-electron chi connectivity index (χ2n) is 4.99. The van der Waals surface area contributed by atoms with E-state index in [2.05, 4.69) is 52.5 Å². The lowest BCUT2D eigenvalue weighted by molar-refractivity contribution is 1.40. The Bertz CT molecular complexity index is 938. The maximum absolute atomic E-state index is 4.66. The highest BCUT2D eigenvalue weighted by Crippen LogP contribution is 2.31. The van der Waals surface area contributed by atoms with E-state index in [1.54, 1.807) is 11.3 Å². The van der Waals surface area contributed by atoms with Gasteiger partial charge in [0.05, 0.1) is 15.7 Å². The smallest absolute Gasteiger partial charge is 0.188 e. The Morgan fingerprint density at radius 3 is 2.90 bits per heavy atom. The van der Waals surface area contributed by atoms with Crippen molar-refractivity contribution >= 4 is 43.3 Å². The van der Waals surface area contributed by atoms with Gasteiger partial charge in [-0.05, 0) is 48.9 Å². The summed E-state index contributed by atoms with van der Waals surface area (Å²) >= 11 is 1.67. The zero-order valence-corrected chi connectivity index (χ0v) is 12.3. The number of benzene rings is 2. The molecule has 2 aromatic carbocycles. The van der Waals surface area contributed by atoms with E-state index in [0.717, 1.165) is 27.2 Å². The van der Waals surface area contributed by atoms with Crippen molar-refractivity contribution in [2.24, 2.45) is 0 Å².